The Bertz CT molecular complexity index is 1290. The summed E-state index contributed by atoms with van der Waals surface area (Å²) in [5, 5.41) is 10.9. The van der Waals surface area contributed by atoms with Crippen molar-refractivity contribution < 1.29 is 9.15 Å². The number of thiophene rings is 1. The molecule has 3 aromatic heterocycles. The number of hydrogen-bond acceptors (Lipinski definition) is 5. The van der Waals surface area contributed by atoms with Crippen molar-refractivity contribution in [3.8, 4) is 23.1 Å². The highest BCUT2D eigenvalue weighted by molar-refractivity contribution is 7.11. The van der Waals surface area contributed by atoms with Crippen LogP contribution in [-0.2, 0) is 4.74 Å². The van der Waals surface area contributed by atoms with Crippen LogP contribution in [0.3, 0.4) is 0 Å². The first kappa shape index (κ1) is 19.9. The van der Waals surface area contributed by atoms with Gasteiger partial charge in [-0.05, 0) is 50.3 Å². The SMILES string of the molecule is C(#Cc1cc(-c2n[nH]c3c2oc2cc(N4CCCCC4)ccc23)cs1)COC1CCCC1. The standard InChI is InChI=1S/C26H27N3O2S/c1-4-12-29(13-5-1)19-10-11-22-23(16-19)31-26-24(27-28-25(22)26)18-15-21(32-17-18)9-6-14-30-20-7-2-3-8-20/h10-11,15-17,20H,1-5,7-8,12-14H2,(H,27,28). The fourth-order valence-corrected chi connectivity index (χ4v) is 5.69. The predicted molar refractivity (Wildman–Crippen MR) is 130 cm³/mol. The maximum Gasteiger partial charge on any atom is 0.181 e. The maximum atomic E-state index is 6.30. The van der Waals surface area contributed by atoms with Crippen LogP contribution in [0.4, 0.5) is 5.69 Å². The third-order valence-electron chi connectivity index (χ3n) is 6.67. The van der Waals surface area contributed by atoms with E-state index in [2.05, 4.69) is 56.6 Å². The molecule has 1 aliphatic carbocycles. The molecule has 4 aromatic rings. The van der Waals surface area contributed by atoms with Crippen LogP contribution >= 0.6 is 11.3 Å². The van der Waals surface area contributed by atoms with Gasteiger partial charge in [-0.3, -0.25) is 5.10 Å². The predicted octanol–water partition coefficient (Wildman–Crippen LogP) is 6.34. The highest BCUT2D eigenvalue weighted by Gasteiger charge is 2.19. The van der Waals surface area contributed by atoms with Crippen LogP contribution in [0.1, 0.15) is 49.8 Å². The number of nitrogens with zero attached hydrogens (tertiary/aromatic N) is 2. The number of hydrogen-bond donors (Lipinski definition) is 1. The lowest BCUT2D eigenvalue weighted by molar-refractivity contribution is 0.0838. The van der Waals surface area contributed by atoms with Gasteiger partial charge in [0.15, 0.2) is 5.58 Å². The summed E-state index contributed by atoms with van der Waals surface area (Å²) in [6, 6.07) is 8.62. The zero-order valence-electron chi connectivity index (χ0n) is 18.2. The summed E-state index contributed by atoms with van der Waals surface area (Å²) in [5.74, 6) is 6.40. The van der Waals surface area contributed by atoms with Crippen LogP contribution in [-0.4, -0.2) is 36.0 Å². The molecule has 0 amide bonds. The zero-order valence-corrected chi connectivity index (χ0v) is 19.0. The number of H-pyrrole nitrogens is 1. The highest BCUT2D eigenvalue weighted by Crippen LogP contribution is 2.37. The van der Waals surface area contributed by atoms with E-state index in [9.17, 15) is 0 Å². The number of anilines is 1. The quantitative estimate of drug-likeness (QED) is 0.373. The van der Waals surface area contributed by atoms with Crippen LogP contribution in [0.15, 0.2) is 34.1 Å². The number of fused-ring (bicyclic) bond motifs is 3. The largest absolute Gasteiger partial charge is 0.452 e. The molecule has 6 rings (SSSR count). The van der Waals surface area contributed by atoms with Gasteiger partial charge in [-0.15, -0.1) is 11.3 Å². The number of benzene rings is 1. The Balaban J connectivity index is 1.23. The van der Waals surface area contributed by atoms with Crippen LogP contribution < -0.4 is 4.90 Å². The van der Waals surface area contributed by atoms with Gasteiger partial charge in [0, 0.05) is 41.2 Å². The molecule has 6 heteroatoms. The first-order valence-electron chi connectivity index (χ1n) is 11.7. The van der Waals surface area contributed by atoms with Gasteiger partial charge in [-0.25, -0.2) is 0 Å². The third-order valence-corrected chi connectivity index (χ3v) is 7.51. The molecule has 1 aromatic carbocycles. The molecule has 1 saturated carbocycles. The highest BCUT2D eigenvalue weighted by atomic mass is 32.1. The second-order valence-electron chi connectivity index (χ2n) is 8.83. The van der Waals surface area contributed by atoms with Gasteiger partial charge in [0.05, 0.1) is 11.0 Å². The van der Waals surface area contributed by atoms with Crippen LogP contribution in [0.25, 0.3) is 33.3 Å². The summed E-state index contributed by atoms with van der Waals surface area (Å²) in [6.45, 7) is 2.76. The maximum absolute atomic E-state index is 6.30. The van der Waals surface area contributed by atoms with Crippen molar-refractivity contribution >= 4 is 39.1 Å². The summed E-state index contributed by atoms with van der Waals surface area (Å²) >= 11 is 1.64. The average Bonchev–Trinajstić information content (AvgIpc) is 3.62. The lowest BCUT2D eigenvalue weighted by atomic mass is 10.1. The Labute approximate surface area is 191 Å². The van der Waals surface area contributed by atoms with Gasteiger partial charge >= 0.3 is 0 Å². The van der Waals surface area contributed by atoms with Crippen molar-refractivity contribution in [3.05, 3.63) is 34.5 Å². The van der Waals surface area contributed by atoms with Crippen molar-refractivity contribution in [1.29, 1.82) is 0 Å². The minimum Gasteiger partial charge on any atom is -0.452 e. The zero-order chi connectivity index (χ0) is 21.3. The van der Waals surface area contributed by atoms with Crippen LogP contribution in [0.5, 0.6) is 0 Å². The smallest absolute Gasteiger partial charge is 0.181 e. The van der Waals surface area contributed by atoms with E-state index in [1.54, 1.807) is 11.3 Å². The van der Waals surface area contributed by atoms with Crippen LogP contribution in [0, 0.1) is 11.8 Å². The van der Waals surface area contributed by atoms with Gasteiger partial charge < -0.3 is 14.1 Å². The summed E-state index contributed by atoms with van der Waals surface area (Å²) in [7, 11) is 0. The summed E-state index contributed by atoms with van der Waals surface area (Å²) in [5.41, 5.74) is 5.83. The van der Waals surface area contributed by atoms with Gasteiger partial charge in [-0.1, -0.05) is 24.7 Å². The molecular formula is C26H27N3O2S. The summed E-state index contributed by atoms with van der Waals surface area (Å²) in [6.07, 6.45) is 9.19. The first-order valence-corrected chi connectivity index (χ1v) is 12.6. The minimum absolute atomic E-state index is 0.407. The Morgan fingerprint density at radius 2 is 2.00 bits per heavy atom. The van der Waals surface area contributed by atoms with Gasteiger partial charge in [0.1, 0.15) is 23.4 Å². The van der Waals surface area contributed by atoms with E-state index < -0.39 is 0 Å². The van der Waals surface area contributed by atoms with E-state index in [1.807, 2.05) is 0 Å². The molecule has 1 N–H and O–H groups in total. The van der Waals surface area contributed by atoms with E-state index in [0.717, 1.165) is 51.3 Å². The molecule has 0 spiro atoms. The lowest BCUT2D eigenvalue weighted by Gasteiger charge is -2.28. The number of aromatic nitrogens is 2. The lowest BCUT2D eigenvalue weighted by Crippen LogP contribution is -2.29. The molecule has 0 radical (unpaired) electrons. The van der Waals surface area contributed by atoms with Crippen molar-refractivity contribution in [3.63, 3.8) is 0 Å². The number of ether oxygens (including phenoxy) is 1. The number of piperidine rings is 1. The number of rotatable bonds is 4. The fraction of sp³-hybridized carbons (Fsp3) is 0.423. The van der Waals surface area contributed by atoms with E-state index in [-0.39, 0.29) is 0 Å². The molecule has 4 heterocycles. The molecular weight excluding hydrogens is 418 g/mol. The monoisotopic (exact) mass is 445 g/mol. The molecule has 2 aliphatic rings. The Hall–Kier alpha value is -2.75. The van der Waals surface area contributed by atoms with E-state index in [4.69, 9.17) is 9.15 Å². The van der Waals surface area contributed by atoms with Crippen molar-refractivity contribution in [1.82, 2.24) is 10.2 Å². The molecule has 164 valence electrons. The van der Waals surface area contributed by atoms with E-state index in [0.29, 0.717) is 12.7 Å². The Kier molecular flexibility index (Phi) is 5.38. The van der Waals surface area contributed by atoms with E-state index >= 15 is 0 Å². The fourth-order valence-electron chi connectivity index (χ4n) is 4.93. The van der Waals surface area contributed by atoms with E-state index in [1.165, 1.54) is 50.6 Å². The second kappa shape index (κ2) is 8.65. The molecule has 0 bridgehead atoms. The van der Waals surface area contributed by atoms with Crippen LogP contribution in [0.2, 0.25) is 0 Å². The molecule has 0 unspecified atom stereocenters. The van der Waals surface area contributed by atoms with Gasteiger partial charge in [0.2, 0.25) is 0 Å². The molecule has 32 heavy (non-hydrogen) atoms. The summed E-state index contributed by atoms with van der Waals surface area (Å²) < 4.78 is 12.1. The Morgan fingerprint density at radius 1 is 1.12 bits per heavy atom. The minimum atomic E-state index is 0.407. The topological polar surface area (TPSA) is 54.3 Å². The molecule has 1 saturated heterocycles. The van der Waals surface area contributed by atoms with Gasteiger partial charge in [0.25, 0.3) is 0 Å². The molecule has 1 aliphatic heterocycles. The number of aromatic amines is 1. The Morgan fingerprint density at radius 3 is 2.88 bits per heavy atom. The van der Waals surface area contributed by atoms with Crippen molar-refractivity contribution in [2.75, 3.05) is 24.6 Å². The summed E-state index contributed by atoms with van der Waals surface area (Å²) in [4.78, 5) is 3.48. The van der Waals surface area contributed by atoms with Crippen molar-refractivity contribution in [2.24, 2.45) is 0 Å². The molecule has 2 fully saturated rings. The van der Waals surface area contributed by atoms with Crippen molar-refractivity contribution in [2.45, 2.75) is 51.0 Å². The second-order valence-corrected chi connectivity index (χ2v) is 9.74. The number of nitrogens with one attached hydrogen (secondary N) is 1. The average molecular weight is 446 g/mol. The first-order chi connectivity index (χ1) is 15.8. The molecule has 5 nitrogen and oxygen atoms in total. The normalized spacial score (nSPS) is 17.3. The number of furan rings is 1. The van der Waals surface area contributed by atoms with Gasteiger partial charge in [-0.2, -0.15) is 5.10 Å². The molecule has 0 atom stereocenters. The third kappa shape index (κ3) is 3.80.